The van der Waals surface area contributed by atoms with Gasteiger partial charge >= 0.3 is 0 Å². The fourth-order valence-electron chi connectivity index (χ4n) is 11.6. The van der Waals surface area contributed by atoms with Gasteiger partial charge in [-0.05, 0) is 134 Å². The third-order valence-corrected chi connectivity index (χ3v) is 14.5. The van der Waals surface area contributed by atoms with Crippen molar-refractivity contribution in [3.8, 4) is 33.4 Å². The molecule has 316 valence electrons. The van der Waals surface area contributed by atoms with E-state index in [1.165, 1.54) is 66.4 Å². The molecular weight excluding hydrogens is 809 g/mol. The second-order valence-electron chi connectivity index (χ2n) is 18.0. The van der Waals surface area contributed by atoms with Crippen LogP contribution in [0.2, 0.25) is 0 Å². The first kappa shape index (κ1) is 39.0. The molecule has 0 saturated carbocycles. The zero-order valence-corrected chi connectivity index (χ0v) is 37.0. The van der Waals surface area contributed by atoms with Crippen molar-refractivity contribution in [2.24, 2.45) is 5.92 Å². The summed E-state index contributed by atoms with van der Waals surface area (Å²) in [5, 5.41) is 2.49. The normalized spacial score (nSPS) is 17.2. The predicted octanol–water partition coefficient (Wildman–Crippen LogP) is 17.3. The molecule has 0 bridgehead atoms. The van der Waals surface area contributed by atoms with Crippen molar-refractivity contribution in [2.75, 3.05) is 9.80 Å². The SMILES string of the molecule is C1=CC2c3ccccc3C3(c4cc5ccccc5cc4-c4c(N(c5ccccc5)c5cccc(-c6ccccc6)c5)cc(N(c5ccccc5)c5ccc(-c6ccccc6)cc5)cc43)C2C=C1. The Morgan fingerprint density at radius 3 is 1.58 bits per heavy atom. The molecule has 0 fully saturated rings. The number of rotatable bonds is 8. The first-order valence-corrected chi connectivity index (χ1v) is 23.4. The summed E-state index contributed by atoms with van der Waals surface area (Å²) in [5.74, 6) is 0.378. The number of nitrogens with zero attached hydrogens (tertiary/aromatic N) is 2. The van der Waals surface area contributed by atoms with Gasteiger partial charge < -0.3 is 9.80 Å². The van der Waals surface area contributed by atoms with E-state index in [0.717, 1.165) is 34.1 Å². The number of benzene rings is 10. The highest BCUT2D eigenvalue weighted by Gasteiger charge is 2.58. The summed E-state index contributed by atoms with van der Waals surface area (Å²) >= 11 is 0. The second-order valence-corrected chi connectivity index (χ2v) is 18.0. The van der Waals surface area contributed by atoms with Gasteiger partial charge in [-0.25, -0.2) is 0 Å². The standard InChI is InChI=1S/C65H46N2/c1-5-20-45(21-6-1)47-36-38-53(39-37-47)66(51-27-9-3-10-28-51)55-43-62-64(63(44-55)67(52-29-11-4-12-30-52)54-31-19-26-48(40-54)46-22-7-2-8-23-46)58-41-49-24-13-14-25-50(49)42-61(58)65(62)59-34-17-15-32-56(59)57-33-16-18-35-60(57)65/h1-44,56,59H. The summed E-state index contributed by atoms with van der Waals surface area (Å²) in [7, 11) is 0. The zero-order valence-electron chi connectivity index (χ0n) is 37.0. The van der Waals surface area contributed by atoms with Crippen LogP contribution in [0.15, 0.2) is 267 Å². The molecule has 0 saturated heterocycles. The minimum absolute atomic E-state index is 0.154. The first-order valence-electron chi connectivity index (χ1n) is 23.4. The molecule has 0 radical (unpaired) electrons. The Labute approximate surface area is 392 Å². The fraction of sp³-hybridized carbons (Fsp3) is 0.0462. The van der Waals surface area contributed by atoms with Gasteiger partial charge in [-0.1, -0.05) is 194 Å². The number of para-hydroxylation sites is 2. The van der Waals surface area contributed by atoms with Crippen LogP contribution in [0.5, 0.6) is 0 Å². The van der Waals surface area contributed by atoms with Crippen molar-refractivity contribution in [1.82, 2.24) is 0 Å². The Morgan fingerprint density at radius 2 is 0.866 bits per heavy atom. The van der Waals surface area contributed by atoms with E-state index in [4.69, 9.17) is 0 Å². The van der Waals surface area contributed by atoms with Crippen LogP contribution in [0.25, 0.3) is 44.2 Å². The van der Waals surface area contributed by atoms with Crippen LogP contribution >= 0.6 is 0 Å². The minimum atomic E-state index is -0.490. The van der Waals surface area contributed by atoms with E-state index in [9.17, 15) is 0 Å². The topological polar surface area (TPSA) is 6.48 Å². The third-order valence-electron chi connectivity index (χ3n) is 14.5. The lowest BCUT2D eigenvalue weighted by molar-refractivity contribution is 0.466. The molecule has 10 aromatic carbocycles. The monoisotopic (exact) mass is 854 g/mol. The molecule has 3 unspecified atom stereocenters. The highest BCUT2D eigenvalue weighted by atomic mass is 15.2. The molecule has 0 N–H and O–H groups in total. The van der Waals surface area contributed by atoms with Crippen LogP contribution in [-0.2, 0) is 5.41 Å². The van der Waals surface area contributed by atoms with Crippen LogP contribution < -0.4 is 9.80 Å². The van der Waals surface area contributed by atoms with Crippen molar-refractivity contribution in [1.29, 1.82) is 0 Å². The summed E-state index contributed by atoms with van der Waals surface area (Å²) in [4.78, 5) is 4.98. The fourth-order valence-corrected chi connectivity index (χ4v) is 11.6. The summed E-state index contributed by atoms with van der Waals surface area (Å²) in [6.45, 7) is 0. The molecular formula is C65H46N2. The largest absolute Gasteiger partial charge is 0.310 e. The van der Waals surface area contributed by atoms with Gasteiger partial charge in [-0.2, -0.15) is 0 Å². The van der Waals surface area contributed by atoms with E-state index in [1.807, 2.05) is 0 Å². The summed E-state index contributed by atoms with van der Waals surface area (Å²) < 4.78 is 0. The van der Waals surface area contributed by atoms with Crippen molar-refractivity contribution in [3.05, 3.63) is 289 Å². The average Bonchev–Trinajstić information content (AvgIpc) is 3.86. The number of hydrogen-bond donors (Lipinski definition) is 0. The summed E-state index contributed by atoms with van der Waals surface area (Å²) in [6.07, 6.45) is 9.48. The maximum absolute atomic E-state index is 2.55. The second kappa shape index (κ2) is 15.9. The van der Waals surface area contributed by atoms with Crippen molar-refractivity contribution in [3.63, 3.8) is 0 Å². The van der Waals surface area contributed by atoms with Crippen LogP contribution in [0.1, 0.15) is 28.2 Å². The molecule has 0 aliphatic heterocycles. The van der Waals surface area contributed by atoms with Crippen LogP contribution in [-0.4, -0.2) is 0 Å². The van der Waals surface area contributed by atoms with Gasteiger partial charge in [-0.3, -0.25) is 0 Å². The Bertz CT molecular complexity index is 3520. The molecule has 13 rings (SSSR count). The quantitative estimate of drug-likeness (QED) is 0.150. The Morgan fingerprint density at radius 1 is 0.328 bits per heavy atom. The van der Waals surface area contributed by atoms with Crippen molar-refractivity contribution >= 4 is 44.9 Å². The van der Waals surface area contributed by atoms with Crippen LogP contribution in [0.4, 0.5) is 34.1 Å². The third kappa shape index (κ3) is 6.25. The Hall–Kier alpha value is -8.46. The van der Waals surface area contributed by atoms with Crippen molar-refractivity contribution in [2.45, 2.75) is 11.3 Å². The highest BCUT2D eigenvalue weighted by Crippen LogP contribution is 2.68. The molecule has 3 aliphatic rings. The maximum atomic E-state index is 2.55. The maximum Gasteiger partial charge on any atom is 0.0564 e. The van der Waals surface area contributed by atoms with E-state index in [1.54, 1.807) is 0 Å². The smallest absolute Gasteiger partial charge is 0.0564 e. The predicted molar refractivity (Wildman–Crippen MR) is 280 cm³/mol. The molecule has 0 amide bonds. The van der Waals surface area contributed by atoms with Gasteiger partial charge in [0.2, 0.25) is 0 Å². The molecule has 2 nitrogen and oxygen atoms in total. The number of anilines is 6. The van der Waals surface area contributed by atoms with Gasteiger partial charge in [0.25, 0.3) is 0 Å². The number of allylic oxidation sites excluding steroid dienone is 4. The molecule has 3 aliphatic carbocycles. The highest BCUT2D eigenvalue weighted by molar-refractivity contribution is 6.03. The Balaban J connectivity index is 1.16. The average molecular weight is 855 g/mol. The number of hydrogen-bond acceptors (Lipinski definition) is 2. The van der Waals surface area contributed by atoms with Gasteiger partial charge in [0.1, 0.15) is 0 Å². The van der Waals surface area contributed by atoms with Gasteiger partial charge in [0.05, 0.1) is 11.1 Å². The van der Waals surface area contributed by atoms with E-state index in [0.29, 0.717) is 0 Å². The van der Waals surface area contributed by atoms with E-state index < -0.39 is 5.41 Å². The summed E-state index contributed by atoms with van der Waals surface area (Å²) in [5.41, 5.74) is 18.9. The first-order chi connectivity index (χ1) is 33.2. The van der Waals surface area contributed by atoms with E-state index in [-0.39, 0.29) is 11.8 Å². The molecule has 3 atom stereocenters. The molecule has 67 heavy (non-hydrogen) atoms. The lowest BCUT2D eigenvalue weighted by Crippen LogP contribution is -2.33. The van der Waals surface area contributed by atoms with Gasteiger partial charge in [0.15, 0.2) is 0 Å². The lowest BCUT2D eigenvalue weighted by atomic mass is 9.65. The van der Waals surface area contributed by atoms with Crippen LogP contribution in [0.3, 0.4) is 0 Å². The molecule has 0 heterocycles. The molecule has 0 aromatic heterocycles. The lowest BCUT2D eigenvalue weighted by Gasteiger charge is -2.38. The minimum Gasteiger partial charge on any atom is -0.310 e. The molecule has 1 spiro atoms. The van der Waals surface area contributed by atoms with Gasteiger partial charge in [-0.15, -0.1) is 0 Å². The molecule has 2 heteroatoms. The summed E-state index contributed by atoms with van der Waals surface area (Å²) in [6, 6.07) is 89.7. The van der Waals surface area contributed by atoms with Crippen LogP contribution in [0, 0.1) is 5.92 Å². The zero-order chi connectivity index (χ0) is 44.3. The van der Waals surface area contributed by atoms with E-state index in [2.05, 4.69) is 277 Å². The Kier molecular flexibility index (Phi) is 9.25. The van der Waals surface area contributed by atoms with Gasteiger partial charge in [0, 0.05) is 45.8 Å². The van der Waals surface area contributed by atoms with E-state index >= 15 is 0 Å². The van der Waals surface area contributed by atoms with Crippen molar-refractivity contribution < 1.29 is 0 Å². The molecule has 10 aromatic rings. The number of fused-ring (bicyclic) bond motifs is 11.